The molecule has 0 saturated carbocycles. The first kappa shape index (κ1) is 19.8. The van der Waals surface area contributed by atoms with Crippen molar-refractivity contribution in [2.75, 3.05) is 14.2 Å². The van der Waals surface area contributed by atoms with Crippen molar-refractivity contribution < 1.29 is 23.4 Å². The van der Waals surface area contributed by atoms with Crippen LogP contribution in [0.25, 0.3) is 6.08 Å². The zero-order valence-corrected chi connectivity index (χ0v) is 16.0. The van der Waals surface area contributed by atoms with Crippen LogP contribution in [0, 0.1) is 11.3 Å². The van der Waals surface area contributed by atoms with Crippen molar-refractivity contribution in [1.82, 2.24) is 0 Å². The van der Waals surface area contributed by atoms with Crippen LogP contribution in [0.1, 0.15) is 21.7 Å². The molecule has 2 aromatic carbocycles. The summed E-state index contributed by atoms with van der Waals surface area (Å²) < 4.78 is 21.9. The van der Waals surface area contributed by atoms with Crippen molar-refractivity contribution in [3.05, 3.63) is 83.3 Å². The summed E-state index contributed by atoms with van der Waals surface area (Å²) in [6.07, 6.45) is 2.84. The Bertz CT molecular complexity index is 1020. The fourth-order valence-electron chi connectivity index (χ4n) is 2.71. The Labute approximate surface area is 168 Å². The van der Waals surface area contributed by atoms with Gasteiger partial charge in [0.1, 0.15) is 18.2 Å². The number of hydrogen-bond acceptors (Lipinski definition) is 6. The van der Waals surface area contributed by atoms with Gasteiger partial charge in [0.05, 0.1) is 20.5 Å². The van der Waals surface area contributed by atoms with Crippen LogP contribution in [0.3, 0.4) is 0 Å². The van der Waals surface area contributed by atoms with Crippen LogP contribution < -0.4 is 14.2 Å². The molecule has 6 nitrogen and oxygen atoms in total. The van der Waals surface area contributed by atoms with E-state index >= 15 is 0 Å². The molecule has 3 aromatic rings. The largest absolute Gasteiger partial charge is 0.493 e. The van der Waals surface area contributed by atoms with Crippen molar-refractivity contribution in [3.63, 3.8) is 0 Å². The quantitative estimate of drug-likeness (QED) is 0.316. The summed E-state index contributed by atoms with van der Waals surface area (Å²) in [7, 11) is 3.02. The molecular formula is C23H19NO5. The Morgan fingerprint density at radius 2 is 1.76 bits per heavy atom. The van der Waals surface area contributed by atoms with E-state index in [2.05, 4.69) is 0 Å². The van der Waals surface area contributed by atoms with E-state index in [-0.39, 0.29) is 11.3 Å². The molecule has 1 heterocycles. The first-order valence-corrected chi connectivity index (χ1v) is 8.79. The molecule has 0 unspecified atom stereocenters. The van der Waals surface area contributed by atoms with Gasteiger partial charge in [-0.15, -0.1) is 0 Å². The summed E-state index contributed by atoms with van der Waals surface area (Å²) in [5, 5.41) is 9.41. The van der Waals surface area contributed by atoms with E-state index in [1.54, 1.807) is 18.2 Å². The lowest BCUT2D eigenvalue weighted by Crippen LogP contribution is -2.02. The lowest BCUT2D eigenvalue weighted by molar-refractivity contribution is 0.101. The molecule has 29 heavy (non-hydrogen) atoms. The van der Waals surface area contributed by atoms with Crippen LogP contribution in [0.4, 0.5) is 0 Å². The molecule has 6 heteroatoms. The minimum absolute atomic E-state index is 0.0676. The summed E-state index contributed by atoms with van der Waals surface area (Å²) in [5.41, 5.74) is 1.49. The minimum Gasteiger partial charge on any atom is -0.493 e. The van der Waals surface area contributed by atoms with Gasteiger partial charge in [0.2, 0.25) is 11.5 Å². The average Bonchev–Trinajstić information content (AvgIpc) is 3.31. The molecule has 0 aliphatic rings. The second-order valence-corrected chi connectivity index (χ2v) is 6.01. The number of nitriles is 1. The van der Waals surface area contributed by atoms with Gasteiger partial charge in [0.15, 0.2) is 17.3 Å². The number of rotatable bonds is 8. The molecule has 0 fully saturated rings. The third-order valence-corrected chi connectivity index (χ3v) is 4.13. The standard InChI is InChI=1S/C23H19NO5/c1-26-20-12-17(11-18(14-24)22(25)19-9-6-10-28-19)13-21(27-2)23(20)29-15-16-7-4-3-5-8-16/h3-13H,15H2,1-2H3/b18-11+. The Kier molecular flexibility index (Phi) is 6.33. The highest BCUT2D eigenvalue weighted by Gasteiger charge is 2.18. The number of carbonyl (C=O) groups excluding carboxylic acids is 1. The van der Waals surface area contributed by atoms with Crippen molar-refractivity contribution in [1.29, 1.82) is 5.26 Å². The van der Waals surface area contributed by atoms with Gasteiger partial charge >= 0.3 is 0 Å². The Balaban J connectivity index is 1.92. The molecule has 0 spiro atoms. The number of furan rings is 1. The smallest absolute Gasteiger partial charge is 0.238 e. The van der Waals surface area contributed by atoms with Gasteiger partial charge in [-0.25, -0.2) is 0 Å². The molecule has 0 radical (unpaired) electrons. The number of carbonyl (C=O) groups is 1. The summed E-state index contributed by atoms with van der Waals surface area (Å²) in [5.74, 6) is 0.884. The van der Waals surface area contributed by atoms with Crippen molar-refractivity contribution in [2.24, 2.45) is 0 Å². The van der Waals surface area contributed by atoms with Crippen molar-refractivity contribution in [2.45, 2.75) is 6.61 Å². The van der Waals surface area contributed by atoms with E-state index in [4.69, 9.17) is 18.6 Å². The summed E-state index contributed by atoms with van der Waals surface area (Å²) in [6.45, 7) is 0.336. The SMILES string of the molecule is COc1cc(/C=C(\C#N)C(=O)c2ccco2)cc(OC)c1OCc1ccccc1. The van der Waals surface area contributed by atoms with E-state index in [1.807, 2.05) is 36.4 Å². The van der Waals surface area contributed by atoms with Gasteiger partial charge in [-0.1, -0.05) is 30.3 Å². The van der Waals surface area contributed by atoms with Gasteiger partial charge < -0.3 is 18.6 Å². The number of benzene rings is 2. The maximum absolute atomic E-state index is 12.4. The maximum atomic E-state index is 12.4. The highest BCUT2D eigenvalue weighted by molar-refractivity contribution is 6.12. The monoisotopic (exact) mass is 389 g/mol. The zero-order chi connectivity index (χ0) is 20.6. The van der Waals surface area contributed by atoms with E-state index in [0.29, 0.717) is 29.4 Å². The lowest BCUT2D eigenvalue weighted by atomic mass is 10.1. The lowest BCUT2D eigenvalue weighted by Gasteiger charge is -2.15. The third kappa shape index (κ3) is 4.66. The molecule has 0 N–H and O–H groups in total. The highest BCUT2D eigenvalue weighted by atomic mass is 16.5. The van der Waals surface area contributed by atoms with Gasteiger partial charge in [-0.05, 0) is 41.5 Å². The predicted molar refractivity (Wildman–Crippen MR) is 107 cm³/mol. The summed E-state index contributed by atoms with van der Waals surface area (Å²) >= 11 is 0. The highest BCUT2D eigenvalue weighted by Crippen LogP contribution is 2.39. The Hall–Kier alpha value is -3.98. The molecule has 0 aliphatic carbocycles. The molecular weight excluding hydrogens is 370 g/mol. The molecule has 1 aromatic heterocycles. The first-order chi connectivity index (χ1) is 14.2. The summed E-state index contributed by atoms with van der Waals surface area (Å²) in [6, 6.07) is 18.1. The maximum Gasteiger partial charge on any atom is 0.238 e. The van der Waals surface area contributed by atoms with E-state index in [0.717, 1.165) is 5.56 Å². The van der Waals surface area contributed by atoms with Gasteiger partial charge in [0.25, 0.3) is 0 Å². The van der Waals surface area contributed by atoms with Crippen LogP contribution in [-0.2, 0) is 6.61 Å². The zero-order valence-electron chi connectivity index (χ0n) is 16.0. The van der Waals surface area contributed by atoms with Crippen molar-refractivity contribution in [3.8, 4) is 23.3 Å². The van der Waals surface area contributed by atoms with E-state index < -0.39 is 5.78 Å². The molecule has 0 bridgehead atoms. The van der Waals surface area contributed by atoms with Crippen LogP contribution in [0.5, 0.6) is 17.2 Å². The van der Waals surface area contributed by atoms with E-state index in [1.165, 1.54) is 32.6 Å². The predicted octanol–water partition coefficient (Wildman–Crippen LogP) is 4.67. The fraction of sp³-hybridized carbons (Fsp3) is 0.130. The second kappa shape index (κ2) is 9.29. The second-order valence-electron chi connectivity index (χ2n) is 6.01. The van der Waals surface area contributed by atoms with Crippen LogP contribution >= 0.6 is 0 Å². The summed E-state index contributed by atoms with van der Waals surface area (Å²) in [4.78, 5) is 12.4. The number of ether oxygens (including phenoxy) is 3. The first-order valence-electron chi connectivity index (χ1n) is 8.79. The number of nitrogens with zero attached hydrogens (tertiary/aromatic N) is 1. The number of allylic oxidation sites excluding steroid dienone is 1. The Morgan fingerprint density at radius 3 is 2.31 bits per heavy atom. The molecule has 3 rings (SSSR count). The molecule has 0 aliphatic heterocycles. The van der Waals surface area contributed by atoms with Gasteiger partial charge in [-0.3, -0.25) is 4.79 Å². The number of hydrogen-bond donors (Lipinski definition) is 0. The molecule has 0 atom stereocenters. The number of methoxy groups -OCH3 is 2. The molecule has 0 amide bonds. The molecule has 0 saturated heterocycles. The number of ketones is 1. The molecule has 146 valence electrons. The third-order valence-electron chi connectivity index (χ3n) is 4.13. The van der Waals surface area contributed by atoms with Crippen LogP contribution in [-0.4, -0.2) is 20.0 Å². The van der Waals surface area contributed by atoms with E-state index in [9.17, 15) is 10.1 Å². The Morgan fingerprint density at radius 1 is 1.07 bits per heavy atom. The van der Waals surface area contributed by atoms with Gasteiger partial charge in [-0.2, -0.15) is 5.26 Å². The fourth-order valence-corrected chi connectivity index (χ4v) is 2.71. The topological polar surface area (TPSA) is 81.7 Å². The van der Waals surface area contributed by atoms with Crippen LogP contribution in [0.2, 0.25) is 0 Å². The normalized spacial score (nSPS) is 10.9. The van der Waals surface area contributed by atoms with Gasteiger partial charge in [0, 0.05) is 0 Å². The minimum atomic E-state index is -0.500. The van der Waals surface area contributed by atoms with Crippen LogP contribution in [0.15, 0.2) is 70.9 Å². The van der Waals surface area contributed by atoms with Crippen molar-refractivity contribution >= 4 is 11.9 Å². The average molecular weight is 389 g/mol. The number of Topliss-reactive ketones (excluding diaryl/α,β-unsaturated/α-hetero) is 1.